The maximum atomic E-state index is 9.77. The van der Waals surface area contributed by atoms with Crippen molar-refractivity contribution in [1.82, 2.24) is 10.9 Å². The van der Waals surface area contributed by atoms with Gasteiger partial charge in [-0.05, 0) is 75.0 Å². The molecule has 130 valence electrons. The number of aryl methyl sites for hydroxylation is 1. The van der Waals surface area contributed by atoms with Gasteiger partial charge in [0.05, 0.1) is 5.70 Å². The average Bonchev–Trinajstić information content (AvgIpc) is 2.52. The number of hydrazine groups is 1. The zero-order chi connectivity index (χ0) is 18.0. The molecular formula is C19H21N3O2S. The highest BCUT2D eigenvalue weighted by Crippen LogP contribution is 2.36. The van der Waals surface area contributed by atoms with Gasteiger partial charge in [0.25, 0.3) is 0 Å². The van der Waals surface area contributed by atoms with Gasteiger partial charge in [-0.3, -0.25) is 10.9 Å². The lowest BCUT2D eigenvalue weighted by atomic mass is 9.99. The lowest BCUT2D eigenvalue weighted by Crippen LogP contribution is -2.41. The van der Waals surface area contributed by atoms with Crippen molar-refractivity contribution in [2.75, 3.05) is 5.32 Å². The Morgan fingerprint density at radius 3 is 2.72 bits per heavy atom. The lowest BCUT2D eigenvalue weighted by molar-refractivity contribution is 0.157. The first-order valence-corrected chi connectivity index (χ1v) is 8.38. The number of hydrogen-bond donors (Lipinski definition) is 4. The number of phenols is 1. The van der Waals surface area contributed by atoms with Crippen LogP contribution in [-0.4, -0.2) is 15.8 Å². The largest absolute Gasteiger partial charge is 0.508 e. The van der Waals surface area contributed by atoms with Gasteiger partial charge in [-0.15, -0.1) is 0 Å². The first kappa shape index (κ1) is 17.1. The van der Waals surface area contributed by atoms with Gasteiger partial charge in [0.2, 0.25) is 0 Å². The molecule has 1 heterocycles. The predicted octanol–water partition coefficient (Wildman–Crippen LogP) is 3.70. The minimum atomic E-state index is -0.473. The van der Waals surface area contributed by atoms with Crippen LogP contribution in [0.25, 0.3) is 5.70 Å². The summed E-state index contributed by atoms with van der Waals surface area (Å²) in [6.45, 7) is 5.96. The molecule has 25 heavy (non-hydrogen) atoms. The summed E-state index contributed by atoms with van der Waals surface area (Å²) in [6, 6.07) is 13.0. The summed E-state index contributed by atoms with van der Waals surface area (Å²) in [5.41, 5.74) is 9.25. The van der Waals surface area contributed by atoms with Gasteiger partial charge in [0.1, 0.15) is 17.1 Å². The van der Waals surface area contributed by atoms with Crippen LogP contribution in [-0.2, 0) is 0 Å². The SMILES string of the molecule is Cc1cccc(NC(=S)NNC2=CC(C)(C)Oc3ccc(O)cc32)c1. The molecule has 0 aliphatic carbocycles. The van der Waals surface area contributed by atoms with Crippen molar-refractivity contribution in [2.45, 2.75) is 26.4 Å². The van der Waals surface area contributed by atoms with Gasteiger partial charge in [-0.2, -0.15) is 0 Å². The maximum absolute atomic E-state index is 9.77. The number of fused-ring (bicyclic) bond motifs is 1. The van der Waals surface area contributed by atoms with Gasteiger partial charge in [-0.1, -0.05) is 12.1 Å². The van der Waals surface area contributed by atoms with Crippen molar-refractivity contribution < 1.29 is 9.84 Å². The van der Waals surface area contributed by atoms with Crippen LogP contribution >= 0.6 is 12.2 Å². The molecule has 4 N–H and O–H groups in total. The van der Waals surface area contributed by atoms with Gasteiger partial charge in [0.15, 0.2) is 5.11 Å². The van der Waals surface area contributed by atoms with E-state index in [2.05, 4.69) is 16.2 Å². The Morgan fingerprint density at radius 1 is 1.16 bits per heavy atom. The molecule has 0 fully saturated rings. The number of ether oxygens (including phenoxy) is 1. The minimum absolute atomic E-state index is 0.176. The molecule has 0 spiro atoms. The van der Waals surface area contributed by atoms with E-state index in [9.17, 15) is 5.11 Å². The van der Waals surface area contributed by atoms with Crippen LogP contribution in [0.2, 0.25) is 0 Å². The number of nitrogens with one attached hydrogen (secondary N) is 3. The first-order chi connectivity index (χ1) is 11.8. The molecule has 0 saturated heterocycles. The van der Waals surface area contributed by atoms with E-state index in [0.29, 0.717) is 10.9 Å². The van der Waals surface area contributed by atoms with E-state index in [1.54, 1.807) is 18.2 Å². The predicted molar refractivity (Wildman–Crippen MR) is 104 cm³/mol. The highest BCUT2D eigenvalue weighted by atomic mass is 32.1. The minimum Gasteiger partial charge on any atom is -0.508 e. The topological polar surface area (TPSA) is 65.5 Å². The number of hydrogen-bond acceptors (Lipinski definition) is 4. The Hall–Kier alpha value is -2.73. The standard InChI is InChI=1S/C19H21N3O2S/c1-12-5-4-6-13(9-12)20-18(25)22-21-16-11-19(2,3)24-17-8-7-14(23)10-15(16)17/h4-11,21,23H,1-3H3,(H2,20,22,25). The fourth-order valence-electron chi connectivity index (χ4n) is 2.67. The highest BCUT2D eigenvalue weighted by Gasteiger charge is 2.27. The third-order valence-corrected chi connectivity index (χ3v) is 3.91. The lowest BCUT2D eigenvalue weighted by Gasteiger charge is -2.31. The van der Waals surface area contributed by atoms with Gasteiger partial charge >= 0.3 is 0 Å². The quantitative estimate of drug-likeness (QED) is 0.497. The van der Waals surface area contributed by atoms with E-state index in [0.717, 1.165) is 22.5 Å². The molecule has 2 aromatic rings. The van der Waals surface area contributed by atoms with E-state index in [1.165, 1.54) is 0 Å². The number of benzene rings is 2. The van der Waals surface area contributed by atoms with Gasteiger partial charge in [0, 0.05) is 11.3 Å². The molecule has 1 aliphatic heterocycles. The van der Waals surface area contributed by atoms with Crippen molar-refractivity contribution in [3.05, 3.63) is 59.7 Å². The molecular weight excluding hydrogens is 334 g/mol. The fraction of sp³-hybridized carbons (Fsp3) is 0.211. The number of anilines is 1. The average molecular weight is 355 g/mol. The molecule has 0 saturated carbocycles. The summed E-state index contributed by atoms with van der Waals surface area (Å²) in [6.07, 6.45) is 1.94. The van der Waals surface area contributed by atoms with Crippen LogP contribution in [0.15, 0.2) is 48.5 Å². The smallest absolute Gasteiger partial charge is 0.189 e. The van der Waals surface area contributed by atoms with Crippen molar-refractivity contribution in [1.29, 1.82) is 0 Å². The Labute approximate surface area is 152 Å². The number of thiocarbonyl (C=S) groups is 1. The van der Waals surface area contributed by atoms with E-state index < -0.39 is 5.60 Å². The third-order valence-electron chi connectivity index (χ3n) is 3.70. The third kappa shape index (κ3) is 4.22. The van der Waals surface area contributed by atoms with Crippen LogP contribution in [0.4, 0.5) is 5.69 Å². The van der Waals surface area contributed by atoms with Crippen LogP contribution in [0.1, 0.15) is 25.0 Å². The maximum Gasteiger partial charge on any atom is 0.189 e. The summed E-state index contributed by atoms with van der Waals surface area (Å²) in [5, 5.41) is 13.3. The zero-order valence-corrected chi connectivity index (χ0v) is 15.2. The van der Waals surface area contributed by atoms with E-state index >= 15 is 0 Å². The molecule has 3 rings (SSSR count). The second kappa shape index (κ2) is 6.64. The Balaban J connectivity index is 1.72. The van der Waals surface area contributed by atoms with E-state index in [1.807, 2.05) is 51.1 Å². The van der Waals surface area contributed by atoms with Crippen molar-refractivity contribution in [2.24, 2.45) is 0 Å². The molecule has 0 atom stereocenters. The van der Waals surface area contributed by atoms with E-state index in [4.69, 9.17) is 17.0 Å². The van der Waals surface area contributed by atoms with Gasteiger partial charge in [-0.25, -0.2) is 0 Å². The Kier molecular flexibility index (Phi) is 4.55. The fourth-order valence-corrected chi connectivity index (χ4v) is 2.84. The first-order valence-electron chi connectivity index (χ1n) is 7.97. The second-order valence-electron chi connectivity index (χ2n) is 6.52. The molecule has 0 bridgehead atoms. The molecule has 0 aromatic heterocycles. The number of aromatic hydroxyl groups is 1. The van der Waals surface area contributed by atoms with Crippen LogP contribution in [0, 0.1) is 6.92 Å². The zero-order valence-electron chi connectivity index (χ0n) is 14.4. The molecule has 0 radical (unpaired) electrons. The summed E-state index contributed by atoms with van der Waals surface area (Å²) in [7, 11) is 0. The van der Waals surface area contributed by atoms with E-state index in [-0.39, 0.29) is 5.75 Å². The molecule has 0 unspecified atom stereocenters. The van der Waals surface area contributed by atoms with Crippen molar-refractivity contribution in [3.8, 4) is 11.5 Å². The van der Waals surface area contributed by atoms with Gasteiger partial charge < -0.3 is 15.2 Å². The molecule has 5 nitrogen and oxygen atoms in total. The highest BCUT2D eigenvalue weighted by molar-refractivity contribution is 7.80. The second-order valence-corrected chi connectivity index (χ2v) is 6.93. The Morgan fingerprint density at radius 2 is 1.96 bits per heavy atom. The summed E-state index contributed by atoms with van der Waals surface area (Å²) >= 11 is 5.34. The van der Waals surface area contributed by atoms with Crippen LogP contribution in [0.3, 0.4) is 0 Å². The van der Waals surface area contributed by atoms with Crippen molar-refractivity contribution in [3.63, 3.8) is 0 Å². The van der Waals surface area contributed by atoms with Crippen LogP contribution < -0.4 is 20.9 Å². The van der Waals surface area contributed by atoms with Crippen molar-refractivity contribution >= 4 is 28.7 Å². The summed E-state index contributed by atoms with van der Waals surface area (Å²) < 4.78 is 5.92. The number of rotatable bonds is 3. The number of phenolic OH excluding ortho intramolecular Hbond substituents is 1. The molecule has 2 aromatic carbocycles. The molecule has 1 aliphatic rings. The summed E-state index contributed by atoms with van der Waals surface area (Å²) in [4.78, 5) is 0. The van der Waals surface area contributed by atoms with Crippen LogP contribution in [0.5, 0.6) is 11.5 Å². The summed E-state index contributed by atoms with van der Waals surface area (Å²) in [5.74, 6) is 0.877. The normalized spacial score (nSPS) is 14.6. The monoisotopic (exact) mass is 355 g/mol. The molecule has 6 heteroatoms. The Bertz CT molecular complexity index is 846. The molecule has 0 amide bonds.